The molecule has 2 heterocycles. The molecule has 4 rings (SSSR count). The zero-order chi connectivity index (χ0) is 22.0. The molecule has 0 aliphatic carbocycles. The molecule has 0 bridgehead atoms. The Labute approximate surface area is 185 Å². The van der Waals surface area contributed by atoms with E-state index in [0.29, 0.717) is 32.9 Å². The molecule has 0 unspecified atom stereocenters. The maximum Gasteiger partial charge on any atom is 0.337 e. The molecule has 10 heteroatoms. The second-order valence-electron chi connectivity index (χ2n) is 6.51. The van der Waals surface area contributed by atoms with Crippen LogP contribution >= 0.6 is 22.9 Å². The van der Waals surface area contributed by atoms with Crippen molar-refractivity contribution in [2.45, 2.75) is 6.54 Å². The van der Waals surface area contributed by atoms with Gasteiger partial charge in [0.15, 0.2) is 5.82 Å². The van der Waals surface area contributed by atoms with Crippen LogP contribution in [-0.4, -0.2) is 28.0 Å². The summed E-state index contributed by atoms with van der Waals surface area (Å²) in [6, 6.07) is 14.9. The van der Waals surface area contributed by atoms with E-state index < -0.39 is 10.9 Å². The van der Waals surface area contributed by atoms with E-state index in [0.717, 1.165) is 16.5 Å². The molecule has 1 N–H and O–H groups in total. The van der Waals surface area contributed by atoms with Gasteiger partial charge in [-0.1, -0.05) is 35.9 Å². The minimum Gasteiger partial charge on any atom is -0.465 e. The quantitative estimate of drug-likeness (QED) is 0.238. The topological polar surface area (TPSA) is 107 Å². The number of hydrogen-bond acceptors (Lipinski definition) is 8. The van der Waals surface area contributed by atoms with Gasteiger partial charge < -0.3 is 10.1 Å². The Morgan fingerprint density at radius 3 is 2.68 bits per heavy atom. The van der Waals surface area contributed by atoms with Gasteiger partial charge in [0.25, 0.3) is 5.69 Å². The Morgan fingerprint density at radius 2 is 1.97 bits per heavy atom. The third kappa shape index (κ3) is 4.47. The third-order valence-electron chi connectivity index (χ3n) is 4.51. The largest absolute Gasteiger partial charge is 0.465 e. The van der Waals surface area contributed by atoms with Crippen molar-refractivity contribution in [3.05, 3.63) is 80.2 Å². The molecule has 0 aliphatic heterocycles. The van der Waals surface area contributed by atoms with E-state index in [1.165, 1.54) is 30.6 Å². The van der Waals surface area contributed by atoms with Crippen LogP contribution in [0.25, 0.3) is 21.6 Å². The van der Waals surface area contributed by atoms with Gasteiger partial charge in [-0.25, -0.2) is 14.8 Å². The fourth-order valence-electron chi connectivity index (χ4n) is 2.99. The van der Waals surface area contributed by atoms with Gasteiger partial charge in [0.2, 0.25) is 0 Å². The number of thiophene rings is 1. The van der Waals surface area contributed by atoms with Gasteiger partial charge in [-0.15, -0.1) is 11.3 Å². The van der Waals surface area contributed by atoms with E-state index in [4.69, 9.17) is 16.3 Å². The summed E-state index contributed by atoms with van der Waals surface area (Å²) >= 11 is 7.52. The molecule has 0 saturated heterocycles. The Balaban J connectivity index is 1.67. The number of hydrogen-bond donors (Lipinski definition) is 1. The number of non-ortho nitro benzene ring substituents is 1. The summed E-state index contributed by atoms with van der Waals surface area (Å²) in [5.74, 6) is 0.600. The molecule has 0 saturated carbocycles. The van der Waals surface area contributed by atoms with E-state index in [2.05, 4.69) is 15.3 Å². The van der Waals surface area contributed by atoms with Gasteiger partial charge in [0.1, 0.15) is 10.6 Å². The summed E-state index contributed by atoms with van der Waals surface area (Å²) in [6.45, 7) is 0.335. The number of carbonyl (C=O) groups is 1. The van der Waals surface area contributed by atoms with Crippen molar-refractivity contribution in [1.29, 1.82) is 0 Å². The average molecular weight is 455 g/mol. The lowest BCUT2D eigenvalue weighted by Crippen LogP contribution is -2.04. The number of nitrogens with one attached hydrogen (secondary N) is 1. The molecule has 31 heavy (non-hydrogen) atoms. The van der Waals surface area contributed by atoms with Gasteiger partial charge in [0.05, 0.1) is 27.3 Å². The Hall–Kier alpha value is -3.56. The zero-order valence-electron chi connectivity index (χ0n) is 16.2. The summed E-state index contributed by atoms with van der Waals surface area (Å²) in [4.78, 5) is 32.2. The second kappa shape index (κ2) is 8.66. The molecule has 0 fully saturated rings. The van der Waals surface area contributed by atoms with Crippen LogP contribution in [0.1, 0.15) is 15.9 Å². The maximum absolute atomic E-state index is 11.7. The maximum atomic E-state index is 11.7. The van der Waals surface area contributed by atoms with Crippen molar-refractivity contribution in [1.82, 2.24) is 9.97 Å². The van der Waals surface area contributed by atoms with E-state index in [-0.39, 0.29) is 5.69 Å². The SMILES string of the molecule is COC(=O)c1ccc(-c2nc(NCc3cccc([N+](=O)[O-])c3)c3cc(Cl)sc3n2)cc1. The van der Waals surface area contributed by atoms with Crippen LogP contribution < -0.4 is 5.32 Å². The normalized spacial score (nSPS) is 10.8. The van der Waals surface area contributed by atoms with Crippen molar-refractivity contribution < 1.29 is 14.5 Å². The minimum absolute atomic E-state index is 0.0251. The zero-order valence-corrected chi connectivity index (χ0v) is 17.7. The van der Waals surface area contributed by atoms with Crippen molar-refractivity contribution in [3.8, 4) is 11.4 Å². The van der Waals surface area contributed by atoms with Crippen LogP contribution in [-0.2, 0) is 11.3 Å². The molecule has 0 spiro atoms. The van der Waals surface area contributed by atoms with Crippen LogP contribution in [0.4, 0.5) is 11.5 Å². The highest BCUT2D eigenvalue weighted by Crippen LogP contribution is 2.34. The monoisotopic (exact) mass is 454 g/mol. The molecule has 2 aromatic carbocycles. The number of aromatic nitrogens is 2. The summed E-state index contributed by atoms with van der Waals surface area (Å²) < 4.78 is 5.29. The first-order valence-electron chi connectivity index (χ1n) is 9.07. The molecular weight excluding hydrogens is 440 g/mol. The van der Waals surface area contributed by atoms with Crippen molar-refractivity contribution >= 4 is 50.6 Å². The van der Waals surface area contributed by atoms with Crippen molar-refractivity contribution in [3.63, 3.8) is 0 Å². The number of anilines is 1. The Bertz CT molecular complexity index is 1290. The lowest BCUT2D eigenvalue weighted by atomic mass is 10.1. The first-order chi connectivity index (χ1) is 14.9. The van der Waals surface area contributed by atoms with Gasteiger partial charge in [0, 0.05) is 24.2 Å². The van der Waals surface area contributed by atoms with Gasteiger partial charge in [-0.2, -0.15) is 0 Å². The number of nitro groups is 1. The van der Waals surface area contributed by atoms with Crippen LogP contribution in [0, 0.1) is 10.1 Å². The first-order valence-corrected chi connectivity index (χ1v) is 10.3. The molecular formula is C21H15ClN4O4S. The number of methoxy groups -OCH3 is 1. The summed E-state index contributed by atoms with van der Waals surface area (Å²) in [5.41, 5.74) is 1.91. The van der Waals surface area contributed by atoms with E-state index in [1.54, 1.807) is 42.5 Å². The molecule has 0 atom stereocenters. The van der Waals surface area contributed by atoms with Crippen LogP contribution in [0.2, 0.25) is 4.34 Å². The number of benzene rings is 2. The number of fused-ring (bicyclic) bond motifs is 1. The number of nitro benzene ring substituents is 1. The van der Waals surface area contributed by atoms with Gasteiger partial charge in [-0.3, -0.25) is 10.1 Å². The van der Waals surface area contributed by atoms with Gasteiger partial charge in [-0.05, 0) is 23.8 Å². The molecule has 0 amide bonds. The fourth-order valence-corrected chi connectivity index (χ4v) is 4.08. The van der Waals surface area contributed by atoms with Crippen LogP contribution in [0.3, 0.4) is 0 Å². The van der Waals surface area contributed by atoms with E-state index >= 15 is 0 Å². The highest BCUT2D eigenvalue weighted by molar-refractivity contribution is 7.22. The smallest absolute Gasteiger partial charge is 0.337 e. The Kier molecular flexibility index (Phi) is 5.79. The molecule has 4 aromatic rings. The number of nitrogens with zero attached hydrogens (tertiary/aromatic N) is 3. The number of halogens is 1. The van der Waals surface area contributed by atoms with Crippen molar-refractivity contribution in [2.75, 3.05) is 12.4 Å². The average Bonchev–Trinajstić information content (AvgIpc) is 3.17. The van der Waals surface area contributed by atoms with Crippen LogP contribution in [0.5, 0.6) is 0 Å². The van der Waals surface area contributed by atoms with Crippen LogP contribution in [0.15, 0.2) is 54.6 Å². The van der Waals surface area contributed by atoms with Crippen molar-refractivity contribution in [2.24, 2.45) is 0 Å². The molecule has 2 aromatic heterocycles. The highest BCUT2D eigenvalue weighted by Gasteiger charge is 2.14. The molecule has 8 nitrogen and oxygen atoms in total. The number of rotatable bonds is 6. The number of carbonyl (C=O) groups excluding carboxylic acids is 1. The summed E-state index contributed by atoms with van der Waals surface area (Å²) in [7, 11) is 1.33. The Morgan fingerprint density at radius 1 is 1.19 bits per heavy atom. The molecule has 0 aliphatic rings. The third-order valence-corrected chi connectivity index (χ3v) is 5.67. The number of esters is 1. The predicted molar refractivity (Wildman–Crippen MR) is 120 cm³/mol. The van der Waals surface area contributed by atoms with E-state index in [1.807, 2.05) is 0 Å². The van der Waals surface area contributed by atoms with E-state index in [9.17, 15) is 14.9 Å². The molecule has 0 radical (unpaired) electrons. The highest BCUT2D eigenvalue weighted by atomic mass is 35.5. The lowest BCUT2D eigenvalue weighted by Gasteiger charge is -2.09. The second-order valence-corrected chi connectivity index (χ2v) is 8.18. The predicted octanol–water partition coefficient (Wildman–Crippen LogP) is 5.32. The first kappa shape index (κ1) is 20.7. The summed E-state index contributed by atoms with van der Waals surface area (Å²) in [5, 5.41) is 15.0. The summed E-state index contributed by atoms with van der Waals surface area (Å²) in [6.07, 6.45) is 0. The minimum atomic E-state index is -0.429. The number of ether oxygens (including phenoxy) is 1. The molecule has 156 valence electrons. The fraction of sp³-hybridized carbons (Fsp3) is 0.0952. The van der Waals surface area contributed by atoms with Gasteiger partial charge >= 0.3 is 5.97 Å². The standard InChI is InChI=1S/C21H15ClN4O4S/c1-30-21(27)14-7-5-13(6-8-14)18-24-19(16-10-17(22)31-20(16)25-18)23-11-12-3-2-4-15(9-12)26(28)29/h2-10H,11H2,1H3,(H,23,24,25). The lowest BCUT2D eigenvalue weighted by molar-refractivity contribution is -0.384.